The molecule has 0 spiro atoms. The smallest absolute Gasteiger partial charge is 0.231 e. The van der Waals surface area contributed by atoms with Crippen LogP contribution in [0.15, 0.2) is 48.5 Å². The van der Waals surface area contributed by atoms with Gasteiger partial charge < -0.3 is 10.2 Å². The van der Waals surface area contributed by atoms with Crippen LogP contribution in [0.3, 0.4) is 0 Å². The van der Waals surface area contributed by atoms with Crippen LogP contribution in [0.5, 0.6) is 0 Å². The summed E-state index contributed by atoms with van der Waals surface area (Å²) in [6.45, 7) is 0.889. The molecular weight excluding hydrogens is 307 g/mol. The minimum atomic E-state index is -0.279. The van der Waals surface area contributed by atoms with Crippen LogP contribution in [-0.2, 0) is 22.4 Å². The molecule has 0 aromatic heterocycles. The fraction of sp³-hybridized carbons (Fsp3) is 0.263. The van der Waals surface area contributed by atoms with Crippen molar-refractivity contribution in [3.05, 3.63) is 65.5 Å². The van der Waals surface area contributed by atoms with E-state index in [0.717, 1.165) is 16.8 Å². The largest absolute Gasteiger partial charge is 0.354 e. The number of hydrogen-bond acceptors (Lipinski definition) is 2. The van der Waals surface area contributed by atoms with Crippen molar-refractivity contribution in [3.63, 3.8) is 0 Å². The number of fused-ring (bicyclic) bond motifs is 1. The van der Waals surface area contributed by atoms with E-state index in [1.807, 2.05) is 24.3 Å². The first-order valence-electron chi connectivity index (χ1n) is 8.03. The van der Waals surface area contributed by atoms with Gasteiger partial charge in [-0.1, -0.05) is 30.3 Å². The molecule has 0 atom stereocenters. The summed E-state index contributed by atoms with van der Waals surface area (Å²) in [6, 6.07) is 13.9. The SMILES string of the molecule is O=C(CCc1ccc(F)cc1)NCCN1C(=O)Cc2ccccc21. The Morgan fingerprint density at radius 1 is 1.12 bits per heavy atom. The van der Waals surface area contributed by atoms with Crippen molar-refractivity contribution in [2.75, 3.05) is 18.0 Å². The summed E-state index contributed by atoms with van der Waals surface area (Å²) in [5.41, 5.74) is 2.89. The molecule has 0 unspecified atom stereocenters. The lowest BCUT2D eigenvalue weighted by Gasteiger charge is -2.17. The molecule has 0 bridgehead atoms. The summed E-state index contributed by atoms with van der Waals surface area (Å²) in [5.74, 6) is -0.283. The molecule has 5 heteroatoms. The van der Waals surface area contributed by atoms with Crippen LogP contribution in [-0.4, -0.2) is 24.9 Å². The van der Waals surface area contributed by atoms with Gasteiger partial charge in [0.25, 0.3) is 0 Å². The van der Waals surface area contributed by atoms with E-state index >= 15 is 0 Å². The Hall–Kier alpha value is -2.69. The second-order valence-electron chi connectivity index (χ2n) is 5.83. The first-order valence-corrected chi connectivity index (χ1v) is 8.03. The Kier molecular flexibility index (Phi) is 4.89. The standard InChI is InChI=1S/C19H19FN2O2/c20-16-8-5-14(6-9-16)7-10-18(23)21-11-12-22-17-4-2-1-3-15(17)13-19(22)24/h1-6,8-9H,7,10-13H2,(H,21,23). The van der Waals surface area contributed by atoms with Crippen molar-refractivity contribution < 1.29 is 14.0 Å². The van der Waals surface area contributed by atoms with Gasteiger partial charge in [0.05, 0.1) is 6.42 Å². The van der Waals surface area contributed by atoms with Crippen molar-refractivity contribution >= 4 is 17.5 Å². The van der Waals surface area contributed by atoms with Gasteiger partial charge in [-0.3, -0.25) is 9.59 Å². The molecule has 0 fully saturated rings. The second kappa shape index (κ2) is 7.25. The monoisotopic (exact) mass is 326 g/mol. The maximum Gasteiger partial charge on any atom is 0.231 e. The zero-order valence-electron chi connectivity index (χ0n) is 13.3. The highest BCUT2D eigenvalue weighted by Gasteiger charge is 2.26. The molecule has 1 aliphatic heterocycles. The number of rotatable bonds is 6. The van der Waals surface area contributed by atoms with Gasteiger partial charge in [0.2, 0.25) is 11.8 Å². The number of benzene rings is 2. The molecule has 3 rings (SSSR count). The number of halogens is 1. The highest BCUT2D eigenvalue weighted by atomic mass is 19.1. The first kappa shape index (κ1) is 16.2. The molecule has 124 valence electrons. The van der Waals surface area contributed by atoms with Gasteiger partial charge in [-0.15, -0.1) is 0 Å². The van der Waals surface area contributed by atoms with Crippen molar-refractivity contribution in [1.29, 1.82) is 0 Å². The minimum absolute atomic E-state index is 0.0664. The zero-order valence-corrected chi connectivity index (χ0v) is 13.3. The second-order valence-corrected chi connectivity index (χ2v) is 5.83. The molecule has 2 aromatic rings. The van der Waals surface area contributed by atoms with Crippen molar-refractivity contribution in [1.82, 2.24) is 5.32 Å². The maximum absolute atomic E-state index is 12.8. The Morgan fingerprint density at radius 2 is 1.88 bits per heavy atom. The molecule has 2 amide bonds. The number of para-hydroxylation sites is 1. The fourth-order valence-electron chi connectivity index (χ4n) is 2.87. The third-order valence-electron chi connectivity index (χ3n) is 4.14. The van der Waals surface area contributed by atoms with E-state index < -0.39 is 0 Å². The molecule has 1 heterocycles. The Morgan fingerprint density at radius 3 is 2.67 bits per heavy atom. The van der Waals surface area contributed by atoms with E-state index in [1.165, 1.54) is 12.1 Å². The molecule has 1 aliphatic rings. The molecule has 0 aliphatic carbocycles. The van der Waals surface area contributed by atoms with E-state index in [1.54, 1.807) is 17.0 Å². The van der Waals surface area contributed by atoms with E-state index in [0.29, 0.717) is 32.4 Å². The third kappa shape index (κ3) is 3.79. The normalized spacial score (nSPS) is 13.0. The van der Waals surface area contributed by atoms with Gasteiger partial charge in [0, 0.05) is 25.2 Å². The summed E-state index contributed by atoms with van der Waals surface area (Å²) >= 11 is 0. The highest BCUT2D eigenvalue weighted by Crippen LogP contribution is 2.27. The quantitative estimate of drug-likeness (QED) is 0.886. The average Bonchev–Trinajstić information content (AvgIpc) is 2.90. The zero-order chi connectivity index (χ0) is 16.9. The number of amides is 2. The first-order chi connectivity index (χ1) is 11.6. The molecule has 0 saturated carbocycles. The van der Waals surface area contributed by atoms with Crippen molar-refractivity contribution in [2.24, 2.45) is 0 Å². The Bertz CT molecular complexity index is 743. The number of anilines is 1. The Labute approximate surface area is 140 Å². The van der Waals surface area contributed by atoms with E-state index in [2.05, 4.69) is 5.32 Å². The number of carbonyl (C=O) groups excluding carboxylic acids is 2. The molecule has 2 aromatic carbocycles. The molecule has 4 nitrogen and oxygen atoms in total. The van der Waals surface area contributed by atoms with Crippen molar-refractivity contribution in [2.45, 2.75) is 19.3 Å². The molecule has 1 N–H and O–H groups in total. The summed E-state index contributed by atoms with van der Waals surface area (Å²) in [7, 11) is 0. The molecular formula is C19H19FN2O2. The number of nitrogens with zero attached hydrogens (tertiary/aromatic N) is 1. The van der Waals surface area contributed by atoms with Crippen LogP contribution in [0.1, 0.15) is 17.5 Å². The number of hydrogen-bond donors (Lipinski definition) is 1. The van der Waals surface area contributed by atoms with Crippen LogP contribution in [0, 0.1) is 5.82 Å². The van der Waals surface area contributed by atoms with Gasteiger partial charge in [0.15, 0.2) is 0 Å². The summed E-state index contributed by atoms with van der Waals surface area (Å²) in [5, 5.41) is 2.84. The van der Waals surface area contributed by atoms with Gasteiger partial charge >= 0.3 is 0 Å². The molecule has 0 saturated heterocycles. The average molecular weight is 326 g/mol. The van der Waals surface area contributed by atoms with E-state index in [4.69, 9.17) is 0 Å². The lowest BCUT2D eigenvalue weighted by molar-refractivity contribution is -0.121. The van der Waals surface area contributed by atoms with Crippen LogP contribution in [0.25, 0.3) is 0 Å². The summed E-state index contributed by atoms with van der Waals surface area (Å²) < 4.78 is 12.8. The van der Waals surface area contributed by atoms with Gasteiger partial charge in [0.1, 0.15) is 5.82 Å². The van der Waals surface area contributed by atoms with Gasteiger partial charge in [-0.25, -0.2) is 4.39 Å². The van der Waals surface area contributed by atoms with E-state index in [-0.39, 0.29) is 17.6 Å². The van der Waals surface area contributed by atoms with Crippen LogP contribution < -0.4 is 10.2 Å². The molecule has 24 heavy (non-hydrogen) atoms. The maximum atomic E-state index is 12.8. The Balaban J connectivity index is 1.44. The number of nitrogens with one attached hydrogen (secondary N) is 1. The van der Waals surface area contributed by atoms with Crippen LogP contribution in [0.2, 0.25) is 0 Å². The predicted octanol–water partition coefficient (Wildman–Crippen LogP) is 2.46. The van der Waals surface area contributed by atoms with Gasteiger partial charge in [-0.05, 0) is 35.7 Å². The number of aryl methyl sites for hydroxylation is 1. The minimum Gasteiger partial charge on any atom is -0.354 e. The topological polar surface area (TPSA) is 49.4 Å². The van der Waals surface area contributed by atoms with E-state index in [9.17, 15) is 14.0 Å². The predicted molar refractivity (Wildman–Crippen MR) is 90.2 cm³/mol. The van der Waals surface area contributed by atoms with Crippen molar-refractivity contribution in [3.8, 4) is 0 Å². The lowest BCUT2D eigenvalue weighted by atomic mass is 10.1. The summed E-state index contributed by atoms with van der Waals surface area (Å²) in [4.78, 5) is 25.6. The van der Waals surface area contributed by atoms with Crippen LogP contribution in [0.4, 0.5) is 10.1 Å². The third-order valence-corrected chi connectivity index (χ3v) is 4.14. The highest BCUT2D eigenvalue weighted by molar-refractivity contribution is 6.01. The number of carbonyl (C=O) groups is 2. The van der Waals surface area contributed by atoms with Crippen LogP contribution >= 0.6 is 0 Å². The molecule has 0 radical (unpaired) electrons. The summed E-state index contributed by atoms with van der Waals surface area (Å²) in [6.07, 6.45) is 1.34. The van der Waals surface area contributed by atoms with Gasteiger partial charge in [-0.2, -0.15) is 0 Å². The fourth-order valence-corrected chi connectivity index (χ4v) is 2.87. The lowest BCUT2D eigenvalue weighted by Crippen LogP contribution is -2.36.